The molecule has 1 aliphatic carbocycles. The summed E-state index contributed by atoms with van der Waals surface area (Å²) in [6, 6.07) is 0. The predicted octanol–water partition coefficient (Wildman–Crippen LogP) is 5.36. The maximum atomic E-state index is 11.0. The van der Waals surface area contributed by atoms with Crippen LogP contribution in [0, 0.1) is 11.3 Å². The number of rotatable bonds is 6. The van der Waals surface area contributed by atoms with Gasteiger partial charge in [0.1, 0.15) is 6.61 Å². The molecule has 2 aliphatic rings. The van der Waals surface area contributed by atoms with Crippen molar-refractivity contribution < 1.29 is 9.53 Å². The molecule has 0 aromatic rings. The van der Waals surface area contributed by atoms with Gasteiger partial charge in [0.2, 0.25) is 0 Å². The SMILES string of the molecule is C=C1CCCC(C)(C)C1CCC(C)=CCCC1=CC(=O)OC1. The van der Waals surface area contributed by atoms with Crippen molar-refractivity contribution >= 4 is 5.97 Å². The van der Waals surface area contributed by atoms with Gasteiger partial charge >= 0.3 is 5.97 Å². The van der Waals surface area contributed by atoms with Gasteiger partial charge in [-0.3, -0.25) is 0 Å². The van der Waals surface area contributed by atoms with Crippen LogP contribution in [0.2, 0.25) is 0 Å². The highest BCUT2D eigenvalue weighted by Gasteiger charge is 2.33. The van der Waals surface area contributed by atoms with Gasteiger partial charge in [0.15, 0.2) is 0 Å². The largest absolute Gasteiger partial charge is 0.458 e. The van der Waals surface area contributed by atoms with Gasteiger partial charge in [-0.2, -0.15) is 0 Å². The number of carbonyl (C=O) groups excluding carboxylic acids is 1. The fraction of sp³-hybridized carbons (Fsp3) is 0.650. The van der Waals surface area contributed by atoms with Crippen molar-refractivity contribution in [2.75, 3.05) is 6.61 Å². The Labute approximate surface area is 135 Å². The summed E-state index contributed by atoms with van der Waals surface area (Å²) in [5.41, 5.74) is 4.44. The van der Waals surface area contributed by atoms with Gasteiger partial charge in [0, 0.05) is 6.08 Å². The summed E-state index contributed by atoms with van der Waals surface area (Å²) in [7, 11) is 0. The number of esters is 1. The molecule has 1 saturated carbocycles. The number of carbonyl (C=O) groups is 1. The van der Waals surface area contributed by atoms with Crippen LogP contribution in [0.15, 0.2) is 35.5 Å². The van der Waals surface area contributed by atoms with Crippen LogP contribution in [-0.4, -0.2) is 12.6 Å². The van der Waals surface area contributed by atoms with Crippen LogP contribution in [0.5, 0.6) is 0 Å². The van der Waals surface area contributed by atoms with E-state index in [2.05, 4.69) is 33.4 Å². The minimum atomic E-state index is -0.186. The summed E-state index contributed by atoms with van der Waals surface area (Å²) >= 11 is 0. The standard InChI is InChI=1S/C20H30O2/c1-15(7-5-9-17-13-19(21)22-14-17)10-11-18-16(2)8-6-12-20(18,3)4/h7,13,18H,2,5-6,8-12,14H2,1,3-4H3. The topological polar surface area (TPSA) is 26.3 Å². The maximum Gasteiger partial charge on any atom is 0.331 e. The van der Waals surface area contributed by atoms with E-state index in [1.807, 2.05) is 0 Å². The molecule has 0 spiro atoms. The van der Waals surface area contributed by atoms with Crippen LogP contribution in [0.3, 0.4) is 0 Å². The summed E-state index contributed by atoms with van der Waals surface area (Å²) in [5, 5.41) is 0. The average molecular weight is 302 g/mol. The van der Waals surface area contributed by atoms with Gasteiger partial charge in [-0.1, -0.05) is 37.6 Å². The highest BCUT2D eigenvalue weighted by molar-refractivity contribution is 5.85. The van der Waals surface area contributed by atoms with E-state index in [1.165, 1.54) is 36.8 Å². The summed E-state index contributed by atoms with van der Waals surface area (Å²) in [5.74, 6) is 0.474. The summed E-state index contributed by atoms with van der Waals surface area (Å²) in [4.78, 5) is 11.0. The van der Waals surface area contributed by atoms with Crippen molar-refractivity contribution in [1.82, 2.24) is 0 Å². The lowest BCUT2D eigenvalue weighted by molar-refractivity contribution is -0.134. The molecular weight excluding hydrogens is 272 g/mol. The summed E-state index contributed by atoms with van der Waals surface area (Å²) in [6.45, 7) is 11.8. The molecule has 0 aromatic carbocycles. The molecule has 0 N–H and O–H groups in total. The Hall–Kier alpha value is -1.31. The zero-order valence-corrected chi connectivity index (χ0v) is 14.4. The smallest absolute Gasteiger partial charge is 0.331 e. The average Bonchev–Trinajstić information content (AvgIpc) is 2.83. The molecule has 2 nitrogen and oxygen atoms in total. The first-order valence-electron chi connectivity index (χ1n) is 8.58. The van der Waals surface area contributed by atoms with Crippen molar-refractivity contribution in [2.45, 2.75) is 65.7 Å². The van der Waals surface area contributed by atoms with Gasteiger partial charge in [0.05, 0.1) is 0 Å². The molecule has 0 amide bonds. The van der Waals surface area contributed by atoms with E-state index in [0.29, 0.717) is 17.9 Å². The predicted molar refractivity (Wildman–Crippen MR) is 91.5 cm³/mol. The minimum Gasteiger partial charge on any atom is -0.458 e. The van der Waals surface area contributed by atoms with Crippen molar-refractivity contribution in [3.63, 3.8) is 0 Å². The Morgan fingerprint density at radius 1 is 1.50 bits per heavy atom. The molecule has 1 atom stereocenters. The zero-order chi connectivity index (χ0) is 16.2. The van der Waals surface area contributed by atoms with Crippen molar-refractivity contribution in [1.29, 1.82) is 0 Å². The van der Waals surface area contributed by atoms with Gasteiger partial charge < -0.3 is 4.74 Å². The molecular formula is C20H30O2. The van der Waals surface area contributed by atoms with E-state index in [0.717, 1.165) is 24.8 Å². The maximum absolute atomic E-state index is 11.0. The molecule has 0 radical (unpaired) electrons. The Kier molecular flexibility index (Phi) is 5.66. The van der Waals surface area contributed by atoms with E-state index in [-0.39, 0.29) is 5.97 Å². The molecule has 2 rings (SSSR count). The number of ether oxygens (including phenoxy) is 1. The van der Waals surface area contributed by atoms with Gasteiger partial charge in [0.25, 0.3) is 0 Å². The Morgan fingerprint density at radius 3 is 2.91 bits per heavy atom. The number of hydrogen-bond acceptors (Lipinski definition) is 2. The molecule has 1 unspecified atom stereocenters. The fourth-order valence-electron chi connectivity index (χ4n) is 3.80. The minimum absolute atomic E-state index is 0.186. The molecule has 0 bridgehead atoms. The molecule has 122 valence electrons. The second-order valence-electron chi connectivity index (χ2n) is 7.59. The van der Waals surface area contributed by atoms with Crippen LogP contribution >= 0.6 is 0 Å². The van der Waals surface area contributed by atoms with Crippen LogP contribution < -0.4 is 0 Å². The second-order valence-corrected chi connectivity index (χ2v) is 7.59. The molecule has 2 heteroatoms. The second kappa shape index (κ2) is 7.30. The van der Waals surface area contributed by atoms with Crippen molar-refractivity contribution in [3.05, 3.63) is 35.5 Å². The first-order chi connectivity index (χ1) is 10.4. The van der Waals surface area contributed by atoms with Gasteiger partial charge in [-0.15, -0.1) is 0 Å². The third-order valence-electron chi connectivity index (χ3n) is 5.26. The highest BCUT2D eigenvalue weighted by Crippen LogP contribution is 2.45. The van der Waals surface area contributed by atoms with Crippen LogP contribution in [0.1, 0.15) is 65.7 Å². The third kappa shape index (κ3) is 4.59. The van der Waals surface area contributed by atoms with E-state index in [1.54, 1.807) is 6.08 Å². The molecule has 1 aliphatic heterocycles. The molecule has 0 aromatic heterocycles. The number of cyclic esters (lactones) is 1. The normalized spacial score (nSPS) is 25.1. The lowest BCUT2D eigenvalue weighted by Crippen LogP contribution is -2.29. The van der Waals surface area contributed by atoms with Gasteiger partial charge in [-0.25, -0.2) is 4.79 Å². The first-order valence-corrected chi connectivity index (χ1v) is 8.58. The molecule has 22 heavy (non-hydrogen) atoms. The fourth-order valence-corrected chi connectivity index (χ4v) is 3.80. The van der Waals surface area contributed by atoms with Crippen molar-refractivity contribution in [2.24, 2.45) is 11.3 Å². The summed E-state index contributed by atoms with van der Waals surface area (Å²) < 4.78 is 4.92. The van der Waals surface area contributed by atoms with Crippen LogP contribution in [-0.2, 0) is 9.53 Å². The Morgan fingerprint density at radius 2 is 2.27 bits per heavy atom. The van der Waals surface area contributed by atoms with E-state index in [4.69, 9.17) is 4.74 Å². The summed E-state index contributed by atoms with van der Waals surface area (Å²) in [6.07, 6.45) is 12.1. The quantitative estimate of drug-likeness (QED) is 0.488. The molecule has 1 fully saturated rings. The number of hydrogen-bond donors (Lipinski definition) is 0. The first kappa shape index (κ1) is 17.1. The lowest BCUT2D eigenvalue weighted by atomic mass is 9.65. The Balaban J connectivity index is 1.77. The van der Waals surface area contributed by atoms with Crippen LogP contribution in [0.25, 0.3) is 0 Å². The van der Waals surface area contributed by atoms with E-state index < -0.39 is 0 Å². The molecule has 1 heterocycles. The molecule has 0 saturated heterocycles. The van der Waals surface area contributed by atoms with Crippen molar-refractivity contribution in [3.8, 4) is 0 Å². The zero-order valence-electron chi connectivity index (χ0n) is 14.4. The van der Waals surface area contributed by atoms with Gasteiger partial charge in [-0.05, 0) is 68.8 Å². The number of allylic oxidation sites excluding steroid dienone is 3. The third-order valence-corrected chi connectivity index (χ3v) is 5.26. The highest BCUT2D eigenvalue weighted by atomic mass is 16.5. The van der Waals surface area contributed by atoms with Crippen LogP contribution in [0.4, 0.5) is 0 Å². The Bertz CT molecular complexity index is 494. The van der Waals surface area contributed by atoms with E-state index in [9.17, 15) is 4.79 Å². The monoisotopic (exact) mass is 302 g/mol. The van der Waals surface area contributed by atoms with E-state index >= 15 is 0 Å². The lowest BCUT2D eigenvalue weighted by Gasteiger charge is -2.40.